The molecule has 1 fully saturated rings. The third-order valence-electron chi connectivity index (χ3n) is 4.17. The lowest BCUT2D eigenvalue weighted by atomic mass is 9.66. The molecule has 0 heterocycles. The summed E-state index contributed by atoms with van der Waals surface area (Å²) >= 11 is 3.35. The molecule has 0 bridgehead atoms. The lowest BCUT2D eigenvalue weighted by Gasteiger charge is -2.36. The van der Waals surface area contributed by atoms with Gasteiger partial charge in [0.05, 0.1) is 12.0 Å². The number of amides is 2. The van der Waals surface area contributed by atoms with Crippen molar-refractivity contribution >= 4 is 39.4 Å². The first-order valence-corrected chi connectivity index (χ1v) is 8.18. The van der Waals surface area contributed by atoms with E-state index in [2.05, 4.69) is 26.6 Å². The van der Waals surface area contributed by atoms with Crippen LogP contribution < -0.4 is 10.6 Å². The number of hydrogen-bond acceptors (Lipinski definition) is 3. The van der Waals surface area contributed by atoms with Gasteiger partial charge in [0.15, 0.2) is 0 Å². The van der Waals surface area contributed by atoms with Gasteiger partial charge >= 0.3 is 5.97 Å². The number of aryl methyl sites for hydroxylation is 1. The number of carbonyl (C=O) groups excluding carboxylic acids is 2. The van der Waals surface area contributed by atoms with Crippen LogP contribution in [0.4, 0.5) is 5.69 Å². The third-order valence-corrected chi connectivity index (χ3v) is 4.67. The van der Waals surface area contributed by atoms with Gasteiger partial charge in [0.25, 0.3) is 0 Å². The molecule has 1 saturated carbocycles. The summed E-state index contributed by atoms with van der Waals surface area (Å²) in [5.74, 6) is -1.69. The predicted molar refractivity (Wildman–Crippen MR) is 89.1 cm³/mol. The Kier molecular flexibility index (Phi) is 5.41. The molecule has 7 heteroatoms. The van der Waals surface area contributed by atoms with Crippen molar-refractivity contribution in [3.8, 4) is 0 Å². The Labute approximate surface area is 142 Å². The maximum Gasteiger partial charge on any atom is 0.310 e. The van der Waals surface area contributed by atoms with Crippen LogP contribution in [0.5, 0.6) is 0 Å². The van der Waals surface area contributed by atoms with Crippen LogP contribution in [-0.4, -0.2) is 29.4 Å². The Bertz CT molecular complexity index is 641. The Morgan fingerprint density at radius 1 is 1.26 bits per heavy atom. The lowest BCUT2D eigenvalue weighted by molar-refractivity contribution is -0.157. The predicted octanol–water partition coefficient (Wildman–Crippen LogP) is 2.46. The summed E-state index contributed by atoms with van der Waals surface area (Å²) in [5.41, 5.74) is 0.634. The van der Waals surface area contributed by atoms with Crippen molar-refractivity contribution in [2.45, 2.75) is 32.6 Å². The van der Waals surface area contributed by atoms with Gasteiger partial charge in [-0.1, -0.05) is 22.4 Å². The van der Waals surface area contributed by atoms with Crippen molar-refractivity contribution in [3.05, 3.63) is 28.2 Å². The van der Waals surface area contributed by atoms with E-state index in [-0.39, 0.29) is 18.9 Å². The minimum Gasteiger partial charge on any atom is -0.481 e. The van der Waals surface area contributed by atoms with Gasteiger partial charge in [-0.05, 0) is 43.5 Å². The van der Waals surface area contributed by atoms with Crippen LogP contribution in [0.1, 0.15) is 31.2 Å². The van der Waals surface area contributed by atoms with Crippen molar-refractivity contribution in [1.29, 1.82) is 0 Å². The van der Waals surface area contributed by atoms with E-state index in [9.17, 15) is 19.5 Å². The van der Waals surface area contributed by atoms with Crippen LogP contribution in [0.25, 0.3) is 0 Å². The van der Waals surface area contributed by atoms with E-state index in [0.29, 0.717) is 18.5 Å². The molecular weight excluding hydrogens is 364 g/mol. The van der Waals surface area contributed by atoms with E-state index >= 15 is 0 Å². The first kappa shape index (κ1) is 17.5. The minimum absolute atomic E-state index is 0.0765. The van der Waals surface area contributed by atoms with Gasteiger partial charge in [0.2, 0.25) is 11.8 Å². The monoisotopic (exact) mass is 382 g/mol. The number of rotatable bonds is 6. The highest BCUT2D eigenvalue weighted by Crippen LogP contribution is 2.44. The number of carbonyl (C=O) groups is 3. The largest absolute Gasteiger partial charge is 0.481 e. The van der Waals surface area contributed by atoms with Gasteiger partial charge in [-0.15, -0.1) is 0 Å². The molecule has 0 radical (unpaired) electrons. The van der Waals surface area contributed by atoms with Crippen molar-refractivity contribution in [3.63, 3.8) is 0 Å². The van der Waals surface area contributed by atoms with Crippen molar-refractivity contribution in [2.24, 2.45) is 5.41 Å². The number of hydrogen-bond donors (Lipinski definition) is 3. The van der Waals surface area contributed by atoms with Gasteiger partial charge in [0.1, 0.15) is 0 Å². The van der Waals surface area contributed by atoms with E-state index in [1.54, 1.807) is 6.07 Å². The molecule has 3 N–H and O–H groups in total. The number of nitrogens with one attached hydrogen (secondary N) is 2. The standard InChI is InChI=1S/C16H19BrN2O4/c1-10-7-11(17)3-4-12(10)19-14(21)9-18-13(20)8-16(15(22)23)5-2-6-16/h3-4,7H,2,5-6,8-9H2,1H3,(H,18,20)(H,19,21)(H,22,23). The molecule has 1 aliphatic rings. The fourth-order valence-electron chi connectivity index (χ4n) is 2.58. The van der Waals surface area contributed by atoms with E-state index in [1.165, 1.54) is 0 Å². The molecule has 0 spiro atoms. The van der Waals surface area contributed by atoms with Gasteiger partial charge in [-0.2, -0.15) is 0 Å². The average molecular weight is 383 g/mol. The Hall–Kier alpha value is -1.89. The Morgan fingerprint density at radius 2 is 1.96 bits per heavy atom. The maximum absolute atomic E-state index is 11.9. The quantitative estimate of drug-likeness (QED) is 0.703. The SMILES string of the molecule is Cc1cc(Br)ccc1NC(=O)CNC(=O)CC1(C(=O)O)CCC1. The van der Waals surface area contributed by atoms with Crippen molar-refractivity contribution < 1.29 is 19.5 Å². The molecule has 2 amide bonds. The number of carboxylic acids is 1. The number of carboxylic acid groups (broad SMARTS) is 1. The van der Waals surface area contributed by atoms with Gasteiger partial charge < -0.3 is 15.7 Å². The first-order valence-electron chi connectivity index (χ1n) is 7.38. The summed E-state index contributed by atoms with van der Waals surface area (Å²) in [5, 5.41) is 14.4. The summed E-state index contributed by atoms with van der Waals surface area (Å²) in [6, 6.07) is 5.46. The van der Waals surface area contributed by atoms with Crippen LogP contribution in [0.2, 0.25) is 0 Å². The molecule has 0 aromatic heterocycles. The van der Waals surface area contributed by atoms with Crippen LogP contribution in [0, 0.1) is 12.3 Å². The second-order valence-corrected chi connectivity index (χ2v) is 6.82. The number of halogens is 1. The van der Waals surface area contributed by atoms with Gasteiger partial charge in [-0.3, -0.25) is 14.4 Å². The molecule has 0 atom stereocenters. The lowest BCUT2D eigenvalue weighted by Crippen LogP contribution is -2.43. The van der Waals surface area contributed by atoms with Crippen LogP contribution in [-0.2, 0) is 14.4 Å². The first-order chi connectivity index (χ1) is 10.8. The summed E-state index contributed by atoms with van der Waals surface area (Å²) in [6.45, 7) is 1.69. The van der Waals surface area contributed by atoms with Gasteiger partial charge in [0, 0.05) is 16.6 Å². The highest BCUT2D eigenvalue weighted by molar-refractivity contribution is 9.10. The molecule has 0 aliphatic heterocycles. The smallest absolute Gasteiger partial charge is 0.310 e. The van der Waals surface area contributed by atoms with Crippen molar-refractivity contribution in [2.75, 3.05) is 11.9 Å². The van der Waals surface area contributed by atoms with Crippen molar-refractivity contribution in [1.82, 2.24) is 5.32 Å². The van der Waals surface area contributed by atoms with Crippen LogP contribution in [0.15, 0.2) is 22.7 Å². The normalized spacial score (nSPS) is 15.4. The zero-order valence-corrected chi connectivity index (χ0v) is 14.4. The van der Waals surface area contributed by atoms with Crippen LogP contribution in [0.3, 0.4) is 0 Å². The number of benzene rings is 1. The molecule has 124 valence electrons. The molecule has 1 aromatic carbocycles. The van der Waals surface area contributed by atoms with Crippen LogP contribution >= 0.6 is 15.9 Å². The molecule has 0 unspecified atom stereocenters. The highest BCUT2D eigenvalue weighted by Gasteiger charge is 2.45. The Morgan fingerprint density at radius 3 is 2.48 bits per heavy atom. The minimum atomic E-state index is -0.942. The second-order valence-electron chi connectivity index (χ2n) is 5.90. The maximum atomic E-state index is 11.9. The third kappa shape index (κ3) is 4.31. The highest BCUT2D eigenvalue weighted by atomic mass is 79.9. The summed E-state index contributed by atoms with van der Waals surface area (Å²) in [4.78, 5) is 35.0. The molecule has 0 saturated heterocycles. The Balaban J connectivity index is 1.82. The topological polar surface area (TPSA) is 95.5 Å². The van der Waals surface area contributed by atoms with E-state index in [1.807, 2.05) is 19.1 Å². The second kappa shape index (κ2) is 7.12. The number of anilines is 1. The summed E-state index contributed by atoms with van der Waals surface area (Å²) in [6.07, 6.45) is 1.77. The average Bonchev–Trinajstić information content (AvgIpc) is 2.43. The molecular formula is C16H19BrN2O4. The summed E-state index contributed by atoms with van der Waals surface area (Å²) < 4.78 is 0.917. The summed E-state index contributed by atoms with van der Waals surface area (Å²) in [7, 11) is 0. The zero-order valence-electron chi connectivity index (χ0n) is 12.8. The molecule has 1 aliphatic carbocycles. The van der Waals surface area contributed by atoms with E-state index in [4.69, 9.17) is 0 Å². The fourth-order valence-corrected chi connectivity index (χ4v) is 3.06. The van der Waals surface area contributed by atoms with E-state index < -0.39 is 17.3 Å². The molecule has 23 heavy (non-hydrogen) atoms. The number of aliphatic carboxylic acids is 1. The molecule has 2 rings (SSSR count). The molecule has 1 aromatic rings. The zero-order chi connectivity index (χ0) is 17.0. The van der Waals surface area contributed by atoms with E-state index in [0.717, 1.165) is 16.5 Å². The molecule has 6 nitrogen and oxygen atoms in total. The van der Waals surface area contributed by atoms with Gasteiger partial charge in [-0.25, -0.2) is 0 Å². The fraction of sp³-hybridized carbons (Fsp3) is 0.438.